The molecule has 2 N–H and O–H groups in total. The highest BCUT2D eigenvalue weighted by Gasteiger charge is 2.30. The molecule has 0 aromatic carbocycles. The Kier molecular flexibility index (Phi) is 61.6. The summed E-state index contributed by atoms with van der Waals surface area (Å²) in [7, 11) is 1.49. The van der Waals surface area contributed by atoms with E-state index in [2.05, 4.69) is 111 Å². The van der Waals surface area contributed by atoms with Crippen molar-refractivity contribution in [2.75, 3.05) is 40.9 Å². The number of carbonyl (C=O) groups is 2. The summed E-state index contributed by atoms with van der Waals surface area (Å²) in [4.78, 5) is 37.9. The third-order valence-corrected chi connectivity index (χ3v) is 16.5. The van der Waals surface area contributed by atoms with Crippen molar-refractivity contribution in [2.45, 2.75) is 328 Å². The summed E-state index contributed by atoms with van der Waals surface area (Å²) >= 11 is 0. The van der Waals surface area contributed by atoms with Crippen LogP contribution in [0.2, 0.25) is 0 Å². The van der Waals surface area contributed by atoms with Crippen molar-refractivity contribution in [3.63, 3.8) is 0 Å². The van der Waals surface area contributed by atoms with Crippen LogP contribution in [0.5, 0.6) is 0 Å². The predicted molar refractivity (Wildman–Crippen MR) is 369 cm³/mol. The second-order valence-electron chi connectivity index (χ2n) is 25.0. The molecule has 10 heteroatoms. The topological polar surface area (TPSA) is 111 Å². The van der Waals surface area contributed by atoms with Gasteiger partial charge < -0.3 is 19.4 Å². The zero-order valence-corrected chi connectivity index (χ0v) is 57.2. The number of likely N-dealkylation sites (N-methyl/N-ethyl adjacent to an activating group) is 1. The maximum Gasteiger partial charge on any atom is 0.472 e. The Bertz CT molecular complexity index is 1780. The molecule has 0 aromatic heterocycles. The molecule has 0 spiro atoms. The predicted octanol–water partition coefficient (Wildman–Crippen LogP) is 22.7. The Morgan fingerprint density at radius 2 is 0.753 bits per heavy atom. The fraction of sp³-hybridized carbons (Fsp3) is 0.760. The van der Waals surface area contributed by atoms with Gasteiger partial charge in [-0.2, -0.15) is 0 Å². The largest absolute Gasteiger partial charge is 0.472 e. The first-order chi connectivity index (χ1) is 41.4. The average Bonchev–Trinajstić information content (AvgIpc) is 3.50. The first-order valence-electron chi connectivity index (χ1n) is 35.6. The van der Waals surface area contributed by atoms with E-state index >= 15 is 0 Å². The number of nitrogens with one attached hydrogen (secondary N) is 1. The molecule has 1 amide bonds. The summed E-state index contributed by atoms with van der Waals surface area (Å²) in [5, 5.41) is 3.07. The summed E-state index contributed by atoms with van der Waals surface area (Å²) < 4.78 is 30.8. The number of hydrogen-bond acceptors (Lipinski definition) is 6. The lowest BCUT2D eigenvalue weighted by atomic mass is 10.0. The van der Waals surface area contributed by atoms with E-state index in [1.165, 1.54) is 173 Å². The third-order valence-electron chi connectivity index (χ3n) is 15.5. The fourth-order valence-electron chi connectivity index (χ4n) is 10.1. The summed E-state index contributed by atoms with van der Waals surface area (Å²) in [5.41, 5.74) is 0. The average molecular weight is 1210 g/mol. The number of esters is 1. The molecule has 0 aliphatic rings. The van der Waals surface area contributed by atoms with E-state index in [9.17, 15) is 19.0 Å². The number of rotatable bonds is 64. The van der Waals surface area contributed by atoms with E-state index in [-0.39, 0.29) is 31.5 Å². The lowest BCUT2D eigenvalue weighted by Crippen LogP contribution is -2.47. The molecule has 85 heavy (non-hydrogen) atoms. The maximum absolute atomic E-state index is 13.6. The lowest BCUT2D eigenvalue weighted by molar-refractivity contribution is -0.870. The molecule has 0 saturated heterocycles. The number of allylic oxidation sites excluding steroid dienone is 15. The van der Waals surface area contributed by atoms with Gasteiger partial charge in [0.15, 0.2) is 0 Å². The number of quaternary nitrogens is 1. The zero-order chi connectivity index (χ0) is 62.1. The smallest absolute Gasteiger partial charge is 0.456 e. The van der Waals surface area contributed by atoms with Crippen molar-refractivity contribution in [3.8, 4) is 0 Å². The molecular weight excluding hydrogens is 1070 g/mol. The number of nitrogens with zero attached hydrogens (tertiary/aromatic N) is 1. The van der Waals surface area contributed by atoms with Crippen LogP contribution in [0.3, 0.4) is 0 Å². The normalized spacial score (nSPS) is 14.1. The molecule has 0 radical (unpaired) electrons. The Morgan fingerprint density at radius 1 is 0.424 bits per heavy atom. The fourth-order valence-corrected chi connectivity index (χ4v) is 10.8. The van der Waals surface area contributed by atoms with Crippen molar-refractivity contribution in [1.82, 2.24) is 5.32 Å². The minimum atomic E-state index is -4.46. The molecule has 3 unspecified atom stereocenters. The van der Waals surface area contributed by atoms with Gasteiger partial charge in [-0.1, -0.05) is 292 Å². The van der Waals surface area contributed by atoms with Gasteiger partial charge >= 0.3 is 13.8 Å². The summed E-state index contributed by atoms with van der Waals surface area (Å²) in [6.07, 6.45) is 87.0. The van der Waals surface area contributed by atoms with Crippen LogP contribution < -0.4 is 5.32 Å². The molecule has 0 aromatic rings. The van der Waals surface area contributed by atoms with Crippen LogP contribution in [-0.4, -0.2) is 74.3 Å². The summed E-state index contributed by atoms with van der Waals surface area (Å²) in [6.45, 7) is 6.91. The summed E-state index contributed by atoms with van der Waals surface area (Å²) in [5.74, 6) is -0.512. The quantitative estimate of drug-likeness (QED) is 0.0205. The van der Waals surface area contributed by atoms with Gasteiger partial charge in [0.2, 0.25) is 5.91 Å². The van der Waals surface area contributed by atoms with Crippen molar-refractivity contribution in [3.05, 3.63) is 97.2 Å². The van der Waals surface area contributed by atoms with Gasteiger partial charge in [-0.25, -0.2) is 4.57 Å². The second-order valence-corrected chi connectivity index (χ2v) is 26.5. The first-order valence-corrected chi connectivity index (χ1v) is 37.1. The van der Waals surface area contributed by atoms with Crippen LogP contribution in [0.1, 0.15) is 316 Å². The van der Waals surface area contributed by atoms with E-state index in [1.54, 1.807) is 0 Å². The minimum absolute atomic E-state index is 0.0354. The van der Waals surface area contributed by atoms with Gasteiger partial charge in [0.25, 0.3) is 0 Å². The van der Waals surface area contributed by atoms with E-state index < -0.39 is 20.0 Å². The SMILES string of the molecule is CC/C=C\C/C=C\C/C=C\C/C=C\C/C=C\C/C=C\CCCCCCCCCCC(=O)OC(/C=C\CCCCCCCCCCCCC)C(COP(=O)(O)OCC[N+](C)(C)C)NC(=O)CCCCCCCCCCC/C=C/CCCCCCCC. The second kappa shape index (κ2) is 63.9. The maximum atomic E-state index is 13.6. The number of phosphoric ester groups is 1. The van der Waals surface area contributed by atoms with Gasteiger partial charge in [0.05, 0.1) is 33.8 Å². The number of unbranched alkanes of at least 4 members (excludes halogenated alkanes) is 34. The number of phosphoric acid groups is 1. The molecule has 0 aliphatic heterocycles. The molecule has 492 valence electrons. The highest BCUT2D eigenvalue weighted by atomic mass is 31.2. The molecule has 0 heterocycles. The number of ether oxygens (including phenoxy) is 1. The zero-order valence-electron chi connectivity index (χ0n) is 56.3. The molecule has 0 bridgehead atoms. The molecule has 0 aliphatic carbocycles. The third kappa shape index (κ3) is 65.2. The van der Waals surface area contributed by atoms with Crippen molar-refractivity contribution < 1.29 is 37.3 Å². The Hall–Kier alpha value is -3.07. The van der Waals surface area contributed by atoms with Crippen LogP contribution in [0.25, 0.3) is 0 Å². The monoisotopic (exact) mass is 1210 g/mol. The van der Waals surface area contributed by atoms with Crippen LogP contribution in [0.15, 0.2) is 97.2 Å². The minimum Gasteiger partial charge on any atom is -0.456 e. The summed E-state index contributed by atoms with van der Waals surface area (Å²) in [6, 6.07) is -0.859. The number of amides is 1. The van der Waals surface area contributed by atoms with Gasteiger partial charge in [0.1, 0.15) is 19.3 Å². The Morgan fingerprint density at radius 3 is 1.14 bits per heavy atom. The van der Waals surface area contributed by atoms with Gasteiger partial charge in [-0.05, 0) is 109 Å². The molecule has 0 fully saturated rings. The van der Waals surface area contributed by atoms with Crippen LogP contribution >= 0.6 is 7.82 Å². The van der Waals surface area contributed by atoms with Gasteiger partial charge in [0, 0.05) is 12.8 Å². The molecule has 9 nitrogen and oxygen atoms in total. The van der Waals surface area contributed by atoms with Crippen LogP contribution in [0, 0.1) is 0 Å². The molecule has 0 rings (SSSR count). The first kappa shape index (κ1) is 81.9. The number of hydrogen-bond donors (Lipinski definition) is 2. The molecular formula is C75H136N2O7P+. The van der Waals surface area contributed by atoms with Gasteiger partial charge in [-0.15, -0.1) is 0 Å². The van der Waals surface area contributed by atoms with Crippen LogP contribution in [-0.2, 0) is 27.9 Å². The lowest BCUT2D eigenvalue weighted by Gasteiger charge is -2.27. The standard InChI is InChI=1S/C75H135N2O7P/c1-7-10-13-16-19-22-25-28-30-32-34-35-36-37-38-39-40-41-43-45-47-50-53-56-59-62-65-68-75(79)84-73(66-63-60-57-54-51-48-27-24-21-18-15-12-9-3)72(71-83-85(80,81)82-70-69-77(4,5)6)76-74(78)67-64-61-58-55-52-49-46-44-42-33-31-29-26-23-20-17-14-11-8-2/h10,13,19,22,28-31,34-35,37-38,40-41,63,66,72-73H,7-9,11-12,14-18,20-21,23-27,32-33,36,39,42-62,64-65,67-71H2,1-6H3,(H-,76,78,80,81)/p+1/b13-10-,22-19-,30-28-,31-29+,35-34-,38-37-,41-40-,66-63-. The van der Waals surface area contributed by atoms with Gasteiger partial charge in [-0.3, -0.25) is 18.6 Å². The molecule has 3 atom stereocenters. The Labute approximate surface area is 526 Å². The highest BCUT2D eigenvalue weighted by Crippen LogP contribution is 2.43. The van der Waals surface area contributed by atoms with Crippen molar-refractivity contribution in [2.24, 2.45) is 0 Å². The van der Waals surface area contributed by atoms with E-state index in [0.29, 0.717) is 17.4 Å². The molecule has 0 saturated carbocycles. The van der Waals surface area contributed by atoms with E-state index in [4.69, 9.17) is 13.8 Å². The Balaban J connectivity index is 5.13. The van der Waals surface area contributed by atoms with Crippen LogP contribution in [0.4, 0.5) is 0 Å². The number of carbonyl (C=O) groups excluding carboxylic acids is 2. The van der Waals surface area contributed by atoms with Crippen molar-refractivity contribution >= 4 is 19.7 Å². The van der Waals surface area contributed by atoms with Crippen molar-refractivity contribution in [1.29, 1.82) is 0 Å². The van der Waals surface area contributed by atoms with E-state index in [0.717, 1.165) is 109 Å². The van der Waals surface area contributed by atoms with E-state index in [1.807, 2.05) is 33.3 Å². The highest BCUT2D eigenvalue weighted by molar-refractivity contribution is 7.47.